The van der Waals surface area contributed by atoms with Crippen molar-refractivity contribution >= 4 is 44.8 Å². The third-order valence-corrected chi connectivity index (χ3v) is 5.25. The van der Waals surface area contributed by atoms with Crippen molar-refractivity contribution in [2.24, 2.45) is 0 Å². The summed E-state index contributed by atoms with van der Waals surface area (Å²) in [5.41, 5.74) is 2.49. The van der Waals surface area contributed by atoms with Gasteiger partial charge < -0.3 is 5.32 Å². The van der Waals surface area contributed by atoms with Crippen LogP contribution in [0.3, 0.4) is 0 Å². The van der Waals surface area contributed by atoms with E-state index in [0.717, 1.165) is 20.7 Å². The van der Waals surface area contributed by atoms with Crippen LogP contribution in [0.4, 0.5) is 0 Å². The molecule has 2 heterocycles. The number of hydrogen-bond donors (Lipinski definition) is 1. The van der Waals surface area contributed by atoms with Crippen molar-refractivity contribution in [2.45, 2.75) is 13.5 Å². The van der Waals surface area contributed by atoms with Crippen LogP contribution in [0.15, 0.2) is 46.3 Å². The number of nitrogens with zero attached hydrogens (tertiary/aromatic N) is 2. The minimum absolute atomic E-state index is 0.190. The number of carbonyl (C=O) groups excluding carboxylic acids is 1. The first-order valence-corrected chi connectivity index (χ1v) is 9.41. The second-order valence-electron chi connectivity index (χ2n) is 5.25. The summed E-state index contributed by atoms with van der Waals surface area (Å²) in [6.45, 7) is 3.10. The Balaban J connectivity index is 1.62. The van der Waals surface area contributed by atoms with Gasteiger partial charge in [0.1, 0.15) is 5.69 Å². The number of halogens is 2. The maximum absolute atomic E-state index is 12.2. The Morgan fingerprint density at radius 3 is 2.96 bits per heavy atom. The highest BCUT2D eigenvalue weighted by Crippen LogP contribution is 2.24. The molecule has 1 amide bonds. The van der Waals surface area contributed by atoms with Crippen LogP contribution in [-0.2, 0) is 6.54 Å². The van der Waals surface area contributed by atoms with Gasteiger partial charge in [-0.2, -0.15) is 5.10 Å². The molecule has 0 saturated carbocycles. The van der Waals surface area contributed by atoms with Gasteiger partial charge in [0.15, 0.2) is 0 Å². The van der Waals surface area contributed by atoms with Gasteiger partial charge in [0, 0.05) is 16.7 Å². The van der Waals surface area contributed by atoms with Crippen LogP contribution in [0.25, 0.3) is 10.6 Å². The summed E-state index contributed by atoms with van der Waals surface area (Å²) in [7, 11) is 0. The quantitative estimate of drug-likeness (QED) is 0.641. The zero-order valence-electron chi connectivity index (χ0n) is 12.9. The highest BCUT2D eigenvalue weighted by atomic mass is 79.9. The van der Waals surface area contributed by atoms with E-state index in [0.29, 0.717) is 23.7 Å². The number of benzene rings is 1. The third kappa shape index (κ3) is 3.88. The fraction of sp³-hybridized carbons (Fsp3) is 0.176. The number of hydrogen-bond acceptors (Lipinski definition) is 3. The van der Waals surface area contributed by atoms with E-state index in [1.165, 1.54) is 0 Å². The lowest BCUT2D eigenvalue weighted by molar-refractivity contribution is 0.0952. The molecule has 3 aromatic rings. The molecule has 7 heteroatoms. The summed E-state index contributed by atoms with van der Waals surface area (Å²) in [6.07, 6.45) is 0. The molecule has 124 valence electrons. The molecule has 0 saturated heterocycles. The normalized spacial score (nSPS) is 10.8. The SMILES string of the molecule is Cc1cc(-c2cccs2)nn1CCNC(=O)c1cc(Br)ccc1Cl. The van der Waals surface area contributed by atoms with E-state index >= 15 is 0 Å². The van der Waals surface area contributed by atoms with Crippen molar-refractivity contribution in [2.75, 3.05) is 6.54 Å². The second kappa shape index (κ2) is 7.51. The molecule has 2 aromatic heterocycles. The van der Waals surface area contributed by atoms with Crippen LogP contribution in [0.1, 0.15) is 16.1 Å². The highest BCUT2D eigenvalue weighted by molar-refractivity contribution is 9.10. The van der Waals surface area contributed by atoms with Crippen molar-refractivity contribution in [3.63, 3.8) is 0 Å². The van der Waals surface area contributed by atoms with E-state index in [1.807, 2.05) is 29.1 Å². The van der Waals surface area contributed by atoms with Crippen molar-refractivity contribution in [1.29, 1.82) is 0 Å². The molecular formula is C17H15BrClN3OS. The maximum Gasteiger partial charge on any atom is 0.252 e. The predicted molar refractivity (Wildman–Crippen MR) is 102 cm³/mol. The van der Waals surface area contributed by atoms with Crippen molar-refractivity contribution in [3.05, 3.63) is 62.5 Å². The Morgan fingerprint density at radius 1 is 1.38 bits per heavy atom. The molecule has 0 fully saturated rings. The van der Waals surface area contributed by atoms with Crippen LogP contribution in [0, 0.1) is 6.92 Å². The largest absolute Gasteiger partial charge is 0.350 e. The van der Waals surface area contributed by atoms with Gasteiger partial charge in [-0.3, -0.25) is 9.48 Å². The summed E-state index contributed by atoms with van der Waals surface area (Å²) in [5.74, 6) is -0.190. The number of amides is 1. The van der Waals surface area contributed by atoms with Gasteiger partial charge >= 0.3 is 0 Å². The molecule has 4 nitrogen and oxygen atoms in total. The van der Waals surface area contributed by atoms with Crippen LogP contribution < -0.4 is 5.32 Å². The number of aromatic nitrogens is 2. The Bertz CT molecular complexity index is 861. The fourth-order valence-corrected chi connectivity index (χ4v) is 3.57. The van der Waals surface area contributed by atoms with Crippen molar-refractivity contribution in [1.82, 2.24) is 15.1 Å². The standard InChI is InChI=1S/C17H15BrClN3OS/c1-11-9-15(16-3-2-8-24-16)21-22(11)7-6-20-17(23)13-10-12(18)4-5-14(13)19/h2-5,8-10H,6-7H2,1H3,(H,20,23). The number of aryl methyl sites for hydroxylation is 1. The first-order chi connectivity index (χ1) is 11.5. The van der Waals surface area contributed by atoms with E-state index in [4.69, 9.17) is 11.6 Å². The minimum atomic E-state index is -0.190. The molecule has 1 N–H and O–H groups in total. The lowest BCUT2D eigenvalue weighted by Gasteiger charge is -2.08. The van der Waals surface area contributed by atoms with Crippen LogP contribution in [-0.4, -0.2) is 22.2 Å². The van der Waals surface area contributed by atoms with Gasteiger partial charge in [-0.05, 0) is 42.6 Å². The van der Waals surface area contributed by atoms with Crippen molar-refractivity contribution in [3.8, 4) is 10.6 Å². The fourth-order valence-electron chi connectivity index (χ4n) is 2.32. The van der Waals surface area contributed by atoms with E-state index < -0.39 is 0 Å². The molecule has 0 atom stereocenters. The predicted octanol–water partition coefficient (Wildman–Crippen LogP) is 4.77. The van der Waals surface area contributed by atoms with E-state index in [9.17, 15) is 4.79 Å². The van der Waals surface area contributed by atoms with Gasteiger partial charge in [0.05, 0.1) is 22.0 Å². The molecular weight excluding hydrogens is 410 g/mol. The number of rotatable bonds is 5. The molecule has 0 aliphatic carbocycles. The first kappa shape index (κ1) is 17.2. The Labute approximate surface area is 157 Å². The Kier molecular flexibility index (Phi) is 5.38. The molecule has 3 rings (SSSR count). The van der Waals surface area contributed by atoms with E-state index in [-0.39, 0.29) is 5.91 Å². The summed E-state index contributed by atoms with van der Waals surface area (Å²) in [5, 5.41) is 9.95. The third-order valence-electron chi connectivity index (χ3n) is 3.54. The molecule has 1 aromatic carbocycles. The Hall–Kier alpha value is -1.63. The number of nitrogens with one attached hydrogen (secondary N) is 1. The number of thiophene rings is 1. The molecule has 0 aliphatic rings. The minimum Gasteiger partial charge on any atom is -0.350 e. The summed E-state index contributed by atoms with van der Waals surface area (Å²) in [4.78, 5) is 13.4. The van der Waals surface area contributed by atoms with Crippen LogP contribution in [0.2, 0.25) is 5.02 Å². The maximum atomic E-state index is 12.2. The highest BCUT2D eigenvalue weighted by Gasteiger charge is 2.11. The molecule has 0 bridgehead atoms. The molecule has 0 unspecified atom stereocenters. The van der Waals surface area contributed by atoms with Gasteiger partial charge in [-0.25, -0.2) is 0 Å². The monoisotopic (exact) mass is 423 g/mol. The smallest absolute Gasteiger partial charge is 0.252 e. The molecule has 0 spiro atoms. The number of carbonyl (C=O) groups is 1. The average molecular weight is 425 g/mol. The zero-order chi connectivity index (χ0) is 17.1. The van der Waals surface area contributed by atoms with Gasteiger partial charge in [0.25, 0.3) is 5.91 Å². The van der Waals surface area contributed by atoms with Crippen LogP contribution in [0.5, 0.6) is 0 Å². The van der Waals surface area contributed by atoms with E-state index in [1.54, 1.807) is 29.5 Å². The van der Waals surface area contributed by atoms with Crippen LogP contribution >= 0.6 is 38.9 Å². The molecule has 0 radical (unpaired) electrons. The van der Waals surface area contributed by atoms with Crippen molar-refractivity contribution < 1.29 is 4.79 Å². The lowest BCUT2D eigenvalue weighted by Crippen LogP contribution is -2.28. The van der Waals surface area contributed by atoms with E-state index in [2.05, 4.69) is 32.4 Å². The van der Waals surface area contributed by atoms with Gasteiger partial charge in [-0.1, -0.05) is 33.6 Å². The molecule has 24 heavy (non-hydrogen) atoms. The molecule has 0 aliphatic heterocycles. The topological polar surface area (TPSA) is 46.9 Å². The van der Waals surface area contributed by atoms with Gasteiger partial charge in [0.2, 0.25) is 0 Å². The summed E-state index contributed by atoms with van der Waals surface area (Å²) < 4.78 is 2.72. The second-order valence-corrected chi connectivity index (χ2v) is 7.52. The first-order valence-electron chi connectivity index (χ1n) is 7.36. The average Bonchev–Trinajstić information content (AvgIpc) is 3.20. The Morgan fingerprint density at radius 2 is 2.21 bits per heavy atom. The lowest BCUT2D eigenvalue weighted by atomic mass is 10.2. The summed E-state index contributed by atoms with van der Waals surface area (Å²) in [6, 6.07) is 11.3. The summed E-state index contributed by atoms with van der Waals surface area (Å²) >= 11 is 11.1. The van der Waals surface area contributed by atoms with Gasteiger partial charge in [-0.15, -0.1) is 11.3 Å². The zero-order valence-corrected chi connectivity index (χ0v) is 16.1.